The third kappa shape index (κ3) is 4.27. The van der Waals surface area contributed by atoms with Crippen LogP contribution in [0.25, 0.3) is 11.3 Å². The van der Waals surface area contributed by atoms with Crippen molar-refractivity contribution in [3.8, 4) is 28.5 Å². The molecule has 1 N–H and O–H groups in total. The molecule has 1 aromatic heterocycles. The van der Waals surface area contributed by atoms with Gasteiger partial charge in [-0.2, -0.15) is 4.57 Å². The van der Waals surface area contributed by atoms with Crippen molar-refractivity contribution >= 4 is 7.82 Å². The monoisotopic (exact) mass is 391 g/mol. The average Bonchev–Trinajstić information content (AvgIpc) is 3.24. The number of rotatable bonds is 7. The summed E-state index contributed by atoms with van der Waals surface area (Å²) in [4.78, 5) is 3.13. The maximum atomic E-state index is 13.6. The first kappa shape index (κ1) is 18.0. The van der Waals surface area contributed by atoms with Gasteiger partial charge in [-0.15, -0.1) is 0 Å². The SMILES string of the molecule is O=P(Oc1ccccc1)(Oc1ccccc1)Oc1ccccc1-c1ccc[nH]1. The van der Waals surface area contributed by atoms with Gasteiger partial charge in [-0.1, -0.05) is 48.5 Å². The fourth-order valence-corrected chi connectivity index (χ4v) is 3.94. The van der Waals surface area contributed by atoms with Crippen molar-refractivity contribution in [2.24, 2.45) is 0 Å². The van der Waals surface area contributed by atoms with Gasteiger partial charge < -0.3 is 18.6 Å². The fraction of sp³-hybridized carbons (Fsp3) is 0. The van der Waals surface area contributed by atoms with Crippen LogP contribution in [0.3, 0.4) is 0 Å². The van der Waals surface area contributed by atoms with Gasteiger partial charge in [0.2, 0.25) is 0 Å². The summed E-state index contributed by atoms with van der Waals surface area (Å²) < 4.78 is 30.8. The van der Waals surface area contributed by atoms with Gasteiger partial charge in [0.05, 0.1) is 0 Å². The van der Waals surface area contributed by atoms with Crippen molar-refractivity contribution in [3.63, 3.8) is 0 Å². The first-order chi connectivity index (χ1) is 13.7. The molecule has 0 saturated heterocycles. The number of hydrogen-bond acceptors (Lipinski definition) is 4. The Morgan fingerprint density at radius 1 is 0.607 bits per heavy atom. The first-order valence-corrected chi connectivity index (χ1v) is 10.2. The summed E-state index contributed by atoms with van der Waals surface area (Å²) in [5, 5.41) is 0. The molecule has 6 heteroatoms. The second-order valence-electron chi connectivity index (χ2n) is 5.93. The van der Waals surface area contributed by atoms with Crippen LogP contribution < -0.4 is 13.6 Å². The summed E-state index contributed by atoms with van der Waals surface area (Å²) in [5.74, 6) is 1.17. The number of phosphoric ester groups is 1. The molecule has 0 bridgehead atoms. The second-order valence-corrected chi connectivity index (χ2v) is 7.37. The van der Waals surface area contributed by atoms with Crippen molar-refractivity contribution in [1.29, 1.82) is 0 Å². The minimum Gasteiger partial charge on any atom is -0.386 e. The van der Waals surface area contributed by atoms with E-state index in [9.17, 15) is 4.57 Å². The van der Waals surface area contributed by atoms with Gasteiger partial charge in [-0.3, -0.25) is 0 Å². The van der Waals surface area contributed by atoms with Crippen LogP contribution in [-0.2, 0) is 4.57 Å². The van der Waals surface area contributed by atoms with E-state index in [1.807, 2.05) is 42.6 Å². The van der Waals surface area contributed by atoms with E-state index in [-0.39, 0.29) is 0 Å². The Kier molecular flexibility index (Phi) is 5.18. The molecule has 0 amide bonds. The highest BCUT2D eigenvalue weighted by molar-refractivity contribution is 7.49. The Bertz CT molecular complexity index is 1020. The minimum atomic E-state index is -4.03. The van der Waals surface area contributed by atoms with Crippen molar-refractivity contribution in [1.82, 2.24) is 4.98 Å². The lowest BCUT2D eigenvalue weighted by Gasteiger charge is -2.20. The molecule has 5 nitrogen and oxygen atoms in total. The molecule has 140 valence electrons. The normalized spacial score (nSPS) is 11.0. The zero-order chi connectivity index (χ0) is 19.2. The molecule has 0 unspecified atom stereocenters. The molecule has 4 aromatic rings. The lowest BCUT2D eigenvalue weighted by Crippen LogP contribution is -2.08. The predicted molar refractivity (Wildman–Crippen MR) is 109 cm³/mol. The number of aromatic amines is 1. The molecular weight excluding hydrogens is 373 g/mol. The van der Waals surface area contributed by atoms with Gasteiger partial charge >= 0.3 is 7.82 Å². The van der Waals surface area contributed by atoms with Crippen LogP contribution in [0.15, 0.2) is 103 Å². The van der Waals surface area contributed by atoms with Gasteiger partial charge in [0.25, 0.3) is 0 Å². The summed E-state index contributed by atoms with van der Waals surface area (Å²) in [6, 6.07) is 28.7. The summed E-state index contributed by atoms with van der Waals surface area (Å²) in [6.45, 7) is 0. The van der Waals surface area contributed by atoms with Crippen LogP contribution >= 0.6 is 7.82 Å². The average molecular weight is 391 g/mol. The van der Waals surface area contributed by atoms with Crippen LogP contribution in [0.5, 0.6) is 17.2 Å². The molecule has 28 heavy (non-hydrogen) atoms. The van der Waals surface area contributed by atoms with Gasteiger partial charge in [-0.05, 0) is 48.5 Å². The maximum absolute atomic E-state index is 13.6. The largest absolute Gasteiger partial charge is 0.647 e. The third-order valence-corrected chi connectivity index (χ3v) is 5.20. The molecule has 3 aromatic carbocycles. The van der Waals surface area contributed by atoms with Crippen LogP contribution in [0, 0.1) is 0 Å². The van der Waals surface area contributed by atoms with E-state index in [0.717, 1.165) is 11.3 Å². The Labute approximate surface area is 163 Å². The first-order valence-electron chi connectivity index (χ1n) is 8.74. The molecule has 0 fully saturated rings. The van der Waals surface area contributed by atoms with Crippen molar-refractivity contribution in [2.75, 3.05) is 0 Å². The standard InChI is InChI=1S/C22H18NO4P/c24-28(25-18-10-3-1-4-11-18,26-19-12-5-2-6-13-19)27-22-16-8-7-14-20(22)21-15-9-17-23-21/h1-17,23H. The van der Waals surface area contributed by atoms with Crippen LogP contribution in [0.4, 0.5) is 0 Å². The van der Waals surface area contributed by atoms with Crippen LogP contribution in [0.2, 0.25) is 0 Å². The van der Waals surface area contributed by atoms with E-state index < -0.39 is 7.82 Å². The van der Waals surface area contributed by atoms with Gasteiger partial charge in [0.1, 0.15) is 17.2 Å². The number of aromatic nitrogens is 1. The van der Waals surface area contributed by atoms with Gasteiger partial charge in [0.15, 0.2) is 0 Å². The van der Waals surface area contributed by atoms with Crippen LogP contribution in [0.1, 0.15) is 0 Å². The van der Waals surface area contributed by atoms with E-state index in [1.54, 1.807) is 60.7 Å². The predicted octanol–water partition coefficient (Wildman–Crippen LogP) is 6.33. The Hall–Kier alpha value is -3.43. The molecule has 0 radical (unpaired) electrons. The van der Waals surface area contributed by atoms with E-state index in [2.05, 4.69) is 4.98 Å². The fourth-order valence-electron chi connectivity index (χ4n) is 2.66. The summed E-state index contributed by atoms with van der Waals surface area (Å²) in [6.07, 6.45) is 1.81. The zero-order valence-corrected chi connectivity index (χ0v) is 15.8. The Morgan fingerprint density at radius 2 is 1.18 bits per heavy atom. The van der Waals surface area contributed by atoms with Crippen LogP contribution in [-0.4, -0.2) is 4.98 Å². The molecule has 0 aliphatic carbocycles. The zero-order valence-electron chi connectivity index (χ0n) is 14.9. The van der Waals surface area contributed by atoms with Crippen molar-refractivity contribution in [2.45, 2.75) is 0 Å². The van der Waals surface area contributed by atoms with Crippen molar-refractivity contribution < 1.29 is 18.1 Å². The van der Waals surface area contributed by atoms with E-state index in [1.165, 1.54) is 0 Å². The molecule has 0 atom stereocenters. The highest BCUT2D eigenvalue weighted by atomic mass is 31.2. The number of hydrogen-bond donors (Lipinski definition) is 1. The quantitative estimate of drug-likeness (QED) is 0.374. The van der Waals surface area contributed by atoms with Gasteiger partial charge in [0, 0.05) is 17.5 Å². The minimum absolute atomic E-state index is 0.388. The molecule has 0 aliphatic heterocycles. The highest BCUT2D eigenvalue weighted by Crippen LogP contribution is 2.51. The second kappa shape index (κ2) is 8.07. The Morgan fingerprint density at radius 3 is 1.75 bits per heavy atom. The van der Waals surface area contributed by atoms with Crippen molar-refractivity contribution in [3.05, 3.63) is 103 Å². The lowest BCUT2D eigenvalue weighted by molar-refractivity contribution is 0.299. The Balaban J connectivity index is 1.69. The summed E-state index contributed by atoms with van der Waals surface area (Å²) in [5.41, 5.74) is 1.59. The molecule has 1 heterocycles. The van der Waals surface area contributed by atoms with E-state index in [4.69, 9.17) is 13.6 Å². The molecular formula is C22H18NO4P. The number of phosphoric acid groups is 1. The molecule has 0 saturated carbocycles. The topological polar surface area (TPSA) is 60.6 Å². The number of benzene rings is 3. The third-order valence-electron chi connectivity index (χ3n) is 3.91. The molecule has 0 spiro atoms. The highest BCUT2D eigenvalue weighted by Gasteiger charge is 2.34. The van der Waals surface area contributed by atoms with Gasteiger partial charge in [-0.25, -0.2) is 0 Å². The molecule has 4 rings (SSSR count). The number of nitrogens with one attached hydrogen (secondary N) is 1. The summed E-state index contributed by atoms with van der Waals surface area (Å²) in [7, 11) is -4.03. The number of para-hydroxylation sites is 3. The van der Waals surface area contributed by atoms with E-state index >= 15 is 0 Å². The lowest BCUT2D eigenvalue weighted by atomic mass is 10.1. The maximum Gasteiger partial charge on any atom is 0.647 e. The molecule has 0 aliphatic rings. The summed E-state index contributed by atoms with van der Waals surface area (Å²) >= 11 is 0. The number of H-pyrrole nitrogens is 1. The smallest absolute Gasteiger partial charge is 0.386 e. The van der Waals surface area contributed by atoms with E-state index in [0.29, 0.717) is 17.2 Å².